The third-order valence-corrected chi connectivity index (χ3v) is 3.56. The van der Waals surface area contributed by atoms with E-state index in [1.165, 1.54) is 0 Å². The van der Waals surface area contributed by atoms with Gasteiger partial charge in [-0.2, -0.15) is 13.2 Å². The lowest BCUT2D eigenvalue weighted by Crippen LogP contribution is -2.53. The van der Waals surface area contributed by atoms with Crippen LogP contribution in [0.4, 0.5) is 13.2 Å². The predicted octanol–water partition coefficient (Wildman–Crippen LogP) is 1.40. The van der Waals surface area contributed by atoms with Crippen LogP contribution in [0.25, 0.3) is 0 Å². The normalized spacial score (nSPS) is 27.0. The fourth-order valence-corrected chi connectivity index (χ4v) is 2.49. The molecule has 1 heterocycles. The number of piperidine rings is 1. The number of likely N-dealkylation sites (tertiary alicyclic amines) is 1. The van der Waals surface area contributed by atoms with Crippen LogP contribution < -0.4 is 0 Å². The molecular formula is C10H12F3NO3. The molecule has 1 aliphatic heterocycles. The third-order valence-electron chi connectivity index (χ3n) is 3.56. The van der Waals surface area contributed by atoms with Crippen molar-refractivity contribution in [3.05, 3.63) is 0 Å². The fraction of sp³-hybridized carbons (Fsp3) is 0.800. The van der Waals surface area contributed by atoms with E-state index in [1.54, 1.807) is 0 Å². The van der Waals surface area contributed by atoms with Gasteiger partial charge in [0, 0.05) is 12.1 Å². The van der Waals surface area contributed by atoms with Gasteiger partial charge in [0.2, 0.25) is 0 Å². The van der Waals surface area contributed by atoms with Crippen molar-refractivity contribution in [2.24, 2.45) is 5.92 Å². The lowest BCUT2D eigenvalue weighted by molar-refractivity contribution is -0.191. The van der Waals surface area contributed by atoms with Crippen LogP contribution in [0, 0.1) is 5.92 Å². The van der Waals surface area contributed by atoms with Crippen LogP contribution >= 0.6 is 0 Å². The average molecular weight is 251 g/mol. The molecule has 1 amide bonds. The molecule has 2 rings (SSSR count). The molecule has 0 radical (unpaired) electrons. The van der Waals surface area contributed by atoms with E-state index in [9.17, 15) is 22.8 Å². The molecule has 7 heteroatoms. The summed E-state index contributed by atoms with van der Waals surface area (Å²) in [5.74, 6) is -3.45. The minimum absolute atomic E-state index is 0.0961. The quantitative estimate of drug-likeness (QED) is 0.766. The van der Waals surface area contributed by atoms with Gasteiger partial charge in [0.15, 0.2) is 0 Å². The summed E-state index contributed by atoms with van der Waals surface area (Å²) in [6.45, 7) is -0.116. The molecular weight excluding hydrogens is 239 g/mol. The zero-order valence-corrected chi connectivity index (χ0v) is 8.96. The number of carbonyl (C=O) groups is 2. The lowest BCUT2D eigenvalue weighted by atomic mass is 9.89. The molecule has 1 unspecified atom stereocenters. The van der Waals surface area contributed by atoms with E-state index in [2.05, 4.69) is 0 Å². The van der Waals surface area contributed by atoms with Gasteiger partial charge in [-0.25, -0.2) is 0 Å². The van der Waals surface area contributed by atoms with Crippen molar-refractivity contribution in [3.63, 3.8) is 0 Å². The molecule has 1 atom stereocenters. The van der Waals surface area contributed by atoms with E-state index in [0.717, 1.165) is 4.90 Å². The van der Waals surface area contributed by atoms with Crippen molar-refractivity contribution in [2.75, 3.05) is 6.54 Å². The molecule has 1 aliphatic carbocycles. The van der Waals surface area contributed by atoms with Crippen LogP contribution in [0.3, 0.4) is 0 Å². The first-order chi connectivity index (χ1) is 7.76. The number of hydrogen-bond acceptors (Lipinski definition) is 2. The summed E-state index contributed by atoms with van der Waals surface area (Å²) in [6, 6.07) is 0. The van der Waals surface area contributed by atoms with E-state index in [4.69, 9.17) is 5.11 Å². The average Bonchev–Trinajstić information content (AvgIpc) is 2.96. The Morgan fingerprint density at radius 3 is 2.29 bits per heavy atom. The molecule has 0 aromatic carbocycles. The van der Waals surface area contributed by atoms with E-state index in [1.807, 2.05) is 0 Å². The molecule has 1 spiro atoms. The smallest absolute Gasteiger partial charge is 0.471 e. The summed E-state index contributed by atoms with van der Waals surface area (Å²) in [4.78, 5) is 22.8. The maximum Gasteiger partial charge on any atom is 0.471 e. The van der Waals surface area contributed by atoms with E-state index >= 15 is 0 Å². The number of hydrogen-bond donors (Lipinski definition) is 1. The number of rotatable bonds is 1. The Morgan fingerprint density at radius 1 is 1.29 bits per heavy atom. The highest BCUT2D eigenvalue weighted by molar-refractivity contribution is 5.83. The second kappa shape index (κ2) is 3.61. The number of nitrogens with zero attached hydrogens (tertiary/aromatic N) is 1. The molecule has 0 bridgehead atoms. The summed E-state index contributed by atoms with van der Waals surface area (Å²) < 4.78 is 37.1. The maximum absolute atomic E-state index is 12.4. The van der Waals surface area contributed by atoms with Gasteiger partial charge in [-0.3, -0.25) is 9.59 Å². The highest BCUT2D eigenvalue weighted by atomic mass is 19.4. The highest BCUT2D eigenvalue weighted by Crippen LogP contribution is 2.51. The van der Waals surface area contributed by atoms with E-state index in [-0.39, 0.29) is 19.4 Å². The Labute approximate surface area is 95.4 Å². The first-order valence-corrected chi connectivity index (χ1v) is 5.38. The fourth-order valence-electron chi connectivity index (χ4n) is 2.49. The van der Waals surface area contributed by atoms with Crippen LogP contribution in [0.5, 0.6) is 0 Å². The van der Waals surface area contributed by atoms with Crippen LogP contribution in [0.1, 0.15) is 25.7 Å². The van der Waals surface area contributed by atoms with Gasteiger partial charge in [-0.05, 0) is 25.7 Å². The summed E-state index contributed by atoms with van der Waals surface area (Å²) in [6.07, 6.45) is -3.69. The van der Waals surface area contributed by atoms with Gasteiger partial charge in [0.05, 0.1) is 5.92 Å². The second-order valence-electron chi connectivity index (χ2n) is 4.71. The predicted molar refractivity (Wildman–Crippen MR) is 50.1 cm³/mol. The van der Waals surface area contributed by atoms with Gasteiger partial charge in [0.1, 0.15) is 0 Å². The largest absolute Gasteiger partial charge is 0.481 e. The Bertz CT molecular complexity index is 362. The zero-order chi connectivity index (χ0) is 12.8. The van der Waals surface area contributed by atoms with Crippen molar-refractivity contribution in [1.29, 1.82) is 0 Å². The highest BCUT2D eigenvalue weighted by Gasteiger charge is 2.58. The van der Waals surface area contributed by atoms with Crippen LogP contribution in [0.2, 0.25) is 0 Å². The van der Waals surface area contributed by atoms with E-state index < -0.39 is 29.5 Å². The lowest BCUT2D eigenvalue weighted by Gasteiger charge is -2.39. The van der Waals surface area contributed by atoms with Crippen molar-refractivity contribution in [2.45, 2.75) is 37.4 Å². The second-order valence-corrected chi connectivity index (χ2v) is 4.71. The van der Waals surface area contributed by atoms with Crippen molar-refractivity contribution < 1.29 is 27.9 Å². The monoisotopic (exact) mass is 251 g/mol. The molecule has 96 valence electrons. The molecule has 1 saturated heterocycles. The summed E-state index contributed by atoms with van der Waals surface area (Å²) >= 11 is 0. The number of carboxylic acids is 1. The number of aliphatic carboxylic acids is 1. The van der Waals surface area contributed by atoms with Crippen molar-refractivity contribution >= 4 is 11.9 Å². The Hall–Kier alpha value is -1.27. The molecule has 1 N–H and O–H groups in total. The summed E-state index contributed by atoms with van der Waals surface area (Å²) in [5, 5.41) is 8.86. The zero-order valence-electron chi connectivity index (χ0n) is 8.96. The van der Waals surface area contributed by atoms with Gasteiger partial charge >= 0.3 is 18.1 Å². The summed E-state index contributed by atoms with van der Waals surface area (Å²) in [7, 11) is 0. The van der Waals surface area contributed by atoms with Crippen LogP contribution in [-0.2, 0) is 9.59 Å². The topological polar surface area (TPSA) is 57.6 Å². The molecule has 17 heavy (non-hydrogen) atoms. The standard InChI is InChI=1S/C10H12F3NO3/c11-10(12,13)8(17)14-4-1-6(7(15)16)5-9(14)2-3-9/h6H,1-5H2,(H,15,16). The molecule has 4 nitrogen and oxygen atoms in total. The number of halogens is 3. The van der Waals surface area contributed by atoms with Gasteiger partial charge in [-0.1, -0.05) is 0 Å². The van der Waals surface area contributed by atoms with Gasteiger partial charge in [-0.15, -0.1) is 0 Å². The van der Waals surface area contributed by atoms with E-state index in [0.29, 0.717) is 12.8 Å². The molecule has 0 aromatic rings. The minimum Gasteiger partial charge on any atom is -0.481 e. The minimum atomic E-state index is -4.87. The number of amides is 1. The third kappa shape index (κ3) is 2.10. The number of carbonyl (C=O) groups excluding carboxylic acids is 1. The van der Waals surface area contributed by atoms with Crippen molar-refractivity contribution in [1.82, 2.24) is 4.90 Å². The van der Waals surface area contributed by atoms with Crippen LogP contribution in [-0.4, -0.2) is 40.1 Å². The molecule has 0 aromatic heterocycles. The SMILES string of the molecule is O=C(O)C1CCN(C(=O)C(F)(F)F)C2(CC2)C1. The van der Waals surface area contributed by atoms with Crippen molar-refractivity contribution in [3.8, 4) is 0 Å². The van der Waals surface area contributed by atoms with Gasteiger partial charge in [0.25, 0.3) is 0 Å². The Kier molecular flexibility index (Phi) is 2.59. The Morgan fingerprint density at radius 2 is 1.88 bits per heavy atom. The first kappa shape index (κ1) is 12.2. The van der Waals surface area contributed by atoms with Gasteiger partial charge < -0.3 is 10.0 Å². The molecule has 2 fully saturated rings. The molecule has 1 saturated carbocycles. The first-order valence-electron chi connectivity index (χ1n) is 5.38. The van der Waals surface area contributed by atoms with Crippen LogP contribution in [0.15, 0.2) is 0 Å². The Balaban J connectivity index is 2.13. The number of carboxylic acid groups (broad SMARTS) is 1. The number of alkyl halides is 3. The summed E-state index contributed by atoms with van der Waals surface area (Å²) in [5.41, 5.74) is -0.839. The maximum atomic E-state index is 12.4. The molecule has 2 aliphatic rings.